The maximum Gasteiger partial charge on any atom is 0.299 e. The van der Waals surface area contributed by atoms with Gasteiger partial charge in [0.05, 0.1) is 0 Å². The van der Waals surface area contributed by atoms with Crippen molar-refractivity contribution in [3.05, 3.63) is 46.4 Å². The maximum absolute atomic E-state index is 12.0. The van der Waals surface area contributed by atoms with Gasteiger partial charge < -0.3 is 10.1 Å². The molecule has 0 atom stereocenters. The first kappa shape index (κ1) is 17.1. The normalized spacial score (nSPS) is 11.0. The number of rotatable bonds is 5. The predicted molar refractivity (Wildman–Crippen MR) is 96.5 cm³/mol. The number of fused-ring (bicyclic) bond motifs is 1. The molecule has 2 heterocycles. The van der Waals surface area contributed by atoms with Crippen LogP contribution in [0.5, 0.6) is 10.9 Å². The molecule has 130 valence electrons. The highest BCUT2D eigenvalue weighted by molar-refractivity contribution is 7.18. The Bertz CT molecular complexity index is 960. The standard InChI is InChI=1S/C17H18N4O3S/c1-4-11-9-14(22)21-16(19-11)25-17(20-21)24-13-7-5-12(6-8-13)18-15(23)10(2)3/h5-10H,4H2,1-3H3,(H,18,23). The largest absolute Gasteiger partial charge is 0.430 e. The number of nitrogens with zero attached hydrogens (tertiary/aromatic N) is 3. The number of benzene rings is 1. The molecule has 0 aliphatic rings. The molecule has 0 saturated carbocycles. The minimum Gasteiger partial charge on any atom is -0.430 e. The Morgan fingerprint density at radius 2 is 2.04 bits per heavy atom. The molecule has 1 aromatic carbocycles. The van der Waals surface area contributed by atoms with Crippen LogP contribution >= 0.6 is 11.3 Å². The van der Waals surface area contributed by atoms with Gasteiger partial charge in [0.25, 0.3) is 10.8 Å². The van der Waals surface area contributed by atoms with Gasteiger partial charge in [0.15, 0.2) is 0 Å². The Morgan fingerprint density at radius 3 is 2.68 bits per heavy atom. The molecular formula is C17H18N4O3S. The molecule has 0 bridgehead atoms. The highest BCUT2D eigenvalue weighted by Gasteiger charge is 2.11. The number of carbonyl (C=O) groups is 1. The van der Waals surface area contributed by atoms with E-state index in [1.54, 1.807) is 24.3 Å². The summed E-state index contributed by atoms with van der Waals surface area (Å²) >= 11 is 1.20. The summed E-state index contributed by atoms with van der Waals surface area (Å²) in [6.07, 6.45) is 0.684. The first-order valence-electron chi connectivity index (χ1n) is 7.95. The summed E-state index contributed by atoms with van der Waals surface area (Å²) < 4.78 is 6.93. The summed E-state index contributed by atoms with van der Waals surface area (Å²) in [6.45, 7) is 5.61. The van der Waals surface area contributed by atoms with Crippen LogP contribution in [0.25, 0.3) is 4.96 Å². The van der Waals surface area contributed by atoms with E-state index in [2.05, 4.69) is 15.4 Å². The first-order valence-corrected chi connectivity index (χ1v) is 8.76. The van der Waals surface area contributed by atoms with E-state index in [4.69, 9.17) is 4.74 Å². The second-order valence-corrected chi connectivity index (χ2v) is 6.69. The van der Waals surface area contributed by atoms with E-state index < -0.39 is 0 Å². The zero-order valence-electron chi connectivity index (χ0n) is 14.1. The predicted octanol–water partition coefficient (Wildman–Crippen LogP) is 3.10. The average molecular weight is 358 g/mol. The topological polar surface area (TPSA) is 85.6 Å². The molecule has 8 heteroatoms. The van der Waals surface area contributed by atoms with Gasteiger partial charge in [0, 0.05) is 23.4 Å². The summed E-state index contributed by atoms with van der Waals surface area (Å²) in [5.74, 6) is 0.430. The van der Waals surface area contributed by atoms with Crippen molar-refractivity contribution >= 4 is 27.9 Å². The average Bonchev–Trinajstić information content (AvgIpc) is 2.99. The number of amides is 1. The molecule has 25 heavy (non-hydrogen) atoms. The van der Waals surface area contributed by atoms with Gasteiger partial charge >= 0.3 is 0 Å². The molecule has 3 aromatic rings. The van der Waals surface area contributed by atoms with Gasteiger partial charge in [-0.25, -0.2) is 4.98 Å². The van der Waals surface area contributed by atoms with Gasteiger partial charge in [-0.05, 0) is 42.0 Å². The monoisotopic (exact) mass is 358 g/mol. The Balaban J connectivity index is 1.78. The van der Waals surface area contributed by atoms with Crippen LogP contribution in [0.15, 0.2) is 35.1 Å². The number of hydrogen-bond donors (Lipinski definition) is 1. The van der Waals surface area contributed by atoms with E-state index in [9.17, 15) is 9.59 Å². The smallest absolute Gasteiger partial charge is 0.299 e. The van der Waals surface area contributed by atoms with Crippen LogP contribution in [0.4, 0.5) is 5.69 Å². The molecule has 3 rings (SSSR count). The van der Waals surface area contributed by atoms with Crippen LogP contribution in [0.2, 0.25) is 0 Å². The Hall–Kier alpha value is -2.74. The maximum atomic E-state index is 12.0. The van der Waals surface area contributed by atoms with Crippen LogP contribution in [0.1, 0.15) is 26.5 Å². The third kappa shape index (κ3) is 3.85. The minimum atomic E-state index is -0.223. The first-order chi connectivity index (χ1) is 12.0. The Morgan fingerprint density at radius 1 is 1.32 bits per heavy atom. The van der Waals surface area contributed by atoms with Crippen molar-refractivity contribution in [2.75, 3.05) is 5.32 Å². The van der Waals surface area contributed by atoms with Crippen LogP contribution in [-0.2, 0) is 11.2 Å². The van der Waals surface area contributed by atoms with Crippen molar-refractivity contribution in [2.45, 2.75) is 27.2 Å². The SMILES string of the molecule is CCc1cc(=O)n2nc(Oc3ccc(NC(=O)C(C)C)cc3)sc2n1. The molecule has 0 fully saturated rings. The molecule has 0 aliphatic heterocycles. The second kappa shape index (κ2) is 7.02. The molecule has 1 amide bonds. The summed E-state index contributed by atoms with van der Waals surface area (Å²) in [5, 5.41) is 7.29. The highest BCUT2D eigenvalue weighted by atomic mass is 32.1. The van der Waals surface area contributed by atoms with Crippen LogP contribution in [-0.4, -0.2) is 20.5 Å². The summed E-state index contributed by atoms with van der Waals surface area (Å²) in [6, 6.07) is 8.44. The van der Waals surface area contributed by atoms with Crippen LogP contribution in [0.3, 0.4) is 0 Å². The van der Waals surface area contributed by atoms with E-state index in [0.29, 0.717) is 28.0 Å². The van der Waals surface area contributed by atoms with Gasteiger partial charge in [0.2, 0.25) is 10.9 Å². The quantitative estimate of drug-likeness (QED) is 0.757. The lowest BCUT2D eigenvalue weighted by Gasteiger charge is -2.08. The number of nitrogens with one attached hydrogen (secondary N) is 1. The van der Waals surface area contributed by atoms with Crippen LogP contribution in [0, 0.1) is 5.92 Å². The zero-order valence-corrected chi connectivity index (χ0v) is 15.0. The van der Waals surface area contributed by atoms with Crippen LogP contribution < -0.4 is 15.6 Å². The van der Waals surface area contributed by atoms with E-state index in [-0.39, 0.29) is 17.4 Å². The fraction of sp³-hybridized carbons (Fsp3) is 0.294. The number of carbonyl (C=O) groups excluding carboxylic acids is 1. The van der Waals surface area contributed by atoms with Crippen molar-refractivity contribution in [1.29, 1.82) is 0 Å². The van der Waals surface area contributed by atoms with Crippen molar-refractivity contribution in [1.82, 2.24) is 14.6 Å². The number of aryl methyl sites for hydroxylation is 1. The molecule has 0 unspecified atom stereocenters. The third-order valence-electron chi connectivity index (χ3n) is 3.49. The lowest BCUT2D eigenvalue weighted by molar-refractivity contribution is -0.118. The summed E-state index contributed by atoms with van der Waals surface area (Å²) in [4.78, 5) is 28.6. The van der Waals surface area contributed by atoms with Crippen molar-refractivity contribution < 1.29 is 9.53 Å². The summed E-state index contributed by atoms with van der Waals surface area (Å²) in [7, 11) is 0. The molecule has 0 saturated heterocycles. The van der Waals surface area contributed by atoms with Crippen molar-refractivity contribution in [3.63, 3.8) is 0 Å². The Labute approximate surface area is 148 Å². The number of aromatic nitrogens is 3. The molecule has 2 aromatic heterocycles. The van der Waals surface area contributed by atoms with Gasteiger partial charge in [-0.3, -0.25) is 9.59 Å². The molecular weight excluding hydrogens is 340 g/mol. The number of ether oxygens (including phenoxy) is 1. The van der Waals surface area contributed by atoms with Gasteiger partial charge in [0.1, 0.15) is 5.75 Å². The molecule has 7 nitrogen and oxygen atoms in total. The minimum absolute atomic E-state index is 0.0444. The van der Waals surface area contributed by atoms with E-state index in [1.165, 1.54) is 21.9 Å². The van der Waals surface area contributed by atoms with Crippen molar-refractivity contribution in [2.24, 2.45) is 5.92 Å². The van der Waals surface area contributed by atoms with E-state index in [0.717, 1.165) is 5.69 Å². The highest BCUT2D eigenvalue weighted by Crippen LogP contribution is 2.26. The lowest BCUT2D eigenvalue weighted by Crippen LogP contribution is -2.17. The number of hydrogen-bond acceptors (Lipinski definition) is 6. The van der Waals surface area contributed by atoms with E-state index >= 15 is 0 Å². The van der Waals surface area contributed by atoms with Gasteiger partial charge in [-0.15, -0.1) is 5.10 Å². The molecule has 0 aliphatic carbocycles. The number of anilines is 1. The van der Waals surface area contributed by atoms with Gasteiger partial charge in [-0.1, -0.05) is 20.8 Å². The summed E-state index contributed by atoms with van der Waals surface area (Å²) in [5.41, 5.74) is 1.20. The zero-order chi connectivity index (χ0) is 18.0. The fourth-order valence-electron chi connectivity index (χ4n) is 2.05. The second-order valence-electron chi connectivity index (χ2n) is 5.77. The molecule has 1 N–H and O–H groups in total. The van der Waals surface area contributed by atoms with E-state index in [1.807, 2.05) is 20.8 Å². The fourth-order valence-corrected chi connectivity index (χ4v) is 2.85. The third-order valence-corrected chi connectivity index (χ3v) is 4.28. The molecule has 0 spiro atoms. The lowest BCUT2D eigenvalue weighted by atomic mass is 10.2. The van der Waals surface area contributed by atoms with Crippen molar-refractivity contribution in [3.8, 4) is 10.9 Å². The Kier molecular flexibility index (Phi) is 4.80. The molecule has 0 radical (unpaired) electrons. The van der Waals surface area contributed by atoms with Gasteiger partial charge in [-0.2, -0.15) is 4.52 Å².